The van der Waals surface area contributed by atoms with Gasteiger partial charge in [-0.15, -0.1) is 0 Å². The predicted molar refractivity (Wildman–Crippen MR) is 97.7 cm³/mol. The molecule has 1 aromatic carbocycles. The Balaban J connectivity index is 1.77. The van der Waals surface area contributed by atoms with Crippen LogP contribution in [0.5, 0.6) is 0 Å². The number of hydrogen-bond acceptors (Lipinski definition) is 1. The van der Waals surface area contributed by atoms with Crippen molar-refractivity contribution >= 4 is 0 Å². The van der Waals surface area contributed by atoms with Crippen LogP contribution < -0.4 is 0 Å². The largest absolute Gasteiger partial charge is 0.389 e. The predicted octanol–water partition coefficient (Wildman–Crippen LogP) is 7.29. The van der Waals surface area contributed by atoms with Gasteiger partial charge in [-0.05, 0) is 79.9 Å². The molecule has 0 bridgehead atoms. The maximum Gasteiger partial charge on any atom is 0.389 e. The van der Waals surface area contributed by atoms with Crippen molar-refractivity contribution in [3.63, 3.8) is 0 Å². The number of allylic oxidation sites excluding steroid dienone is 2. The Hall–Kier alpha value is -1.69. The van der Waals surface area contributed by atoms with Crippen molar-refractivity contribution in [2.24, 2.45) is 5.92 Å². The molecular weight excluding hydrogens is 375 g/mol. The SMILES string of the molecule is CCC[C@H]1CC[C@H](c2cc(F)c(C(F)(F)OC3C=C(C)C(F)=C3)c(F)c2)CC1. The molecule has 0 spiro atoms. The molecule has 2 aliphatic carbocycles. The third-order valence-electron chi connectivity index (χ3n) is 5.76. The van der Waals surface area contributed by atoms with E-state index in [-0.39, 0.29) is 11.5 Å². The second kappa shape index (κ2) is 8.36. The molecule has 1 fully saturated rings. The monoisotopic (exact) mass is 400 g/mol. The molecule has 6 heteroatoms. The highest BCUT2D eigenvalue weighted by atomic mass is 19.3. The minimum atomic E-state index is -4.21. The highest BCUT2D eigenvalue weighted by Crippen LogP contribution is 2.41. The molecule has 0 aromatic heterocycles. The van der Waals surface area contributed by atoms with Gasteiger partial charge in [0.2, 0.25) is 0 Å². The summed E-state index contributed by atoms with van der Waals surface area (Å²) in [5.41, 5.74) is -0.870. The van der Waals surface area contributed by atoms with Crippen molar-refractivity contribution in [2.45, 2.75) is 70.5 Å². The van der Waals surface area contributed by atoms with Crippen LogP contribution in [-0.2, 0) is 10.8 Å². The van der Waals surface area contributed by atoms with Gasteiger partial charge in [0.1, 0.15) is 29.1 Å². The summed E-state index contributed by atoms with van der Waals surface area (Å²) >= 11 is 0. The van der Waals surface area contributed by atoms with Crippen molar-refractivity contribution in [1.82, 2.24) is 0 Å². The standard InChI is InChI=1S/C22H25F5O/c1-3-4-14-5-7-15(8-6-14)16-10-19(24)21(20(25)11-16)22(26,27)28-17-9-13(2)18(23)12-17/h9-12,14-15,17H,3-8H2,1-2H3/t14-,15-,17?. The lowest BCUT2D eigenvalue weighted by atomic mass is 9.77. The first kappa shape index (κ1) is 21.0. The van der Waals surface area contributed by atoms with Crippen LogP contribution in [0.4, 0.5) is 22.0 Å². The smallest absolute Gasteiger partial charge is 0.304 e. The van der Waals surface area contributed by atoms with E-state index in [0.29, 0.717) is 11.5 Å². The molecule has 154 valence electrons. The van der Waals surface area contributed by atoms with Crippen molar-refractivity contribution < 1.29 is 26.7 Å². The fourth-order valence-corrected chi connectivity index (χ4v) is 4.25. The topological polar surface area (TPSA) is 9.23 Å². The van der Waals surface area contributed by atoms with Gasteiger partial charge in [0.15, 0.2) is 0 Å². The summed E-state index contributed by atoms with van der Waals surface area (Å²) < 4.78 is 75.6. The van der Waals surface area contributed by atoms with E-state index in [9.17, 15) is 22.0 Å². The summed E-state index contributed by atoms with van der Waals surface area (Å²) in [6.45, 7) is 3.53. The zero-order valence-corrected chi connectivity index (χ0v) is 16.1. The molecule has 1 atom stereocenters. The Morgan fingerprint density at radius 1 is 1.00 bits per heavy atom. The Labute approximate surface area is 162 Å². The van der Waals surface area contributed by atoms with Gasteiger partial charge in [-0.2, -0.15) is 8.78 Å². The Morgan fingerprint density at radius 2 is 1.61 bits per heavy atom. The third kappa shape index (κ3) is 4.48. The Morgan fingerprint density at radius 3 is 2.11 bits per heavy atom. The third-order valence-corrected chi connectivity index (χ3v) is 5.76. The molecular formula is C22H25F5O. The highest BCUT2D eigenvalue weighted by Gasteiger charge is 2.42. The number of halogens is 5. The lowest BCUT2D eigenvalue weighted by Gasteiger charge is -2.29. The molecule has 0 aliphatic heterocycles. The summed E-state index contributed by atoms with van der Waals surface area (Å²) in [5.74, 6) is -2.75. The van der Waals surface area contributed by atoms with Crippen molar-refractivity contribution in [3.05, 3.63) is 58.4 Å². The van der Waals surface area contributed by atoms with Gasteiger partial charge in [-0.3, -0.25) is 0 Å². The van der Waals surface area contributed by atoms with Gasteiger partial charge in [0.25, 0.3) is 0 Å². The quantitative estimate of drug-likeness (QED) is 0.456. The molecule has 1 saturated carbocycles. The van der Waals surface area contributed by atoms with Crippen LogP contribution in [0, 0.1) is 17.6 Å². The van der Waals surface area contributed by atoms with Crippen LogP contribution in [0.15, 0.2) is 35.7 Å². The molecule has 0 saturated heterocycles. The van der Waals surface area contributed by atoms with E-state index >= 15 is 0 Å². The van der Waals surface area contributed by atoms with Gasteiger partial charge in [0, 0.05) is 0 Å². The first-order valence-corrected chi connectivity index (χ1v) is 9.82. The molecule has 1 aromatic rings. The average molecular weight is 400 g/mol. The second-order valence-electron chi connectivity index (χ2n) is 7.83. The number of benzene rings is 1. The van der Waals surface area contributed by atoms with Crippen molar-refractivity contribution in [2.75, 3.05) is 0 Å². The zero-order valence-electron chi connectivity index (χ0n) is 16.1. The van der Waals surface area contributed by atoms with E-state index in [2.05, 4.69) is 11.7 Å². The summed E-state index contributed by atoms with van der Waals surface area (Å²) in [7, 11) is 0. The summed E-state index contributed by atoms with van der Waals surface area (Å²) in [6, 6.07) is 1.99. The average Bonchev–Trinajstić information content (AvgIpc) is 2.91. The molecule has 0 radical (unpaired) electrons. The summed E-state index contributed by atoms with van der Waals surface area (Å²) in [5, 5.41) is 0. The van der Waals surface area contributed by atoms with Crippen LogP contribution in [0.1, 0.15) is 69.4 Å². The Kier molecular flexibility index (Phi) is 6.28. The number of hydrogen-bond donors (Lipinski definition) is 0. The van der Waals surface area contributed by atoms with Gasteiger partial charge >= 0.3 is 6.11 Å². The van der Waals surface area contributed by atoms with Crippen molar-refractivity contribution in [1.29, 1.82) is 0 Å². The molecule has 1 nitrogen and oxygen atoms in total. The minimum Gasteiger partial charge on any atom is -0.304 e. The van der Waals surface area contributed by atoms with Gasteiger partial charge < -0.3 is 4.74 Å². The highest BCUT2D eigenvalue weighted by molar-refractivity contribution is 5.35. The van der Waals surface area contributed by atoms with E-state index < -0.39 is 35.2 Å². The van der Waals surface area contributed by atoms with E-state index in [1.807, 2.05) is 0 Å². The fourth-order valence-electron chi connectivity index (χ4n) is 4.25. The first-order valence-electron chi connectivity index (χ1n) is 9.82. The summed E-state index contributed by atoms with van der Waals surface area (Å²) in [4.78, 5) is 0. The second-order valence-corrected chi connectivity index (χ2v) is 7.83. The number of rotatable bonds is 6. The van der Waals surface area contributed by atoms with Crippen LogP contribution in [0.3, 0.4) is 0 Å². The minimum absolute atomic E-state index is 0.0295. The van der Waals surface area contributed by atoms with Crippen LogP contribution in [0.2, 0.25) is 0 Å². The fraction of sp³-hybridized carbons (Fsp3) is 0.545. The van der Waals surface area contributed by atoms with Gasteiger partial charge in [-0.25, -0.2) is 13.2 Å². The molecule has 0 N–H and O–H groups in total. The number of ether oxygens (including phenoxy) is 1. The lowest BCUT2D eigenvalue weighted by molar-refractivity contribution is -0.259. The maximum absolute atomic E-state index is 14.5. The lowest BCUT2D eigenvalue weighted by Crippen LogP contribution is -2.26. The molecule has 1 unspecified atom stereocenters. The molecule has 0 amide bonds. The Bertz CT molecular complexity index is 734. The molecule has 2 aliphatic rings. The molecule has 0 heterocycles. The van der Waals surface area contributed by atoms with E-state index in [1.165, 1.54) is 6.92 Å². The van der Waals surface area contributed by atoms with E-state index in [1.54, 1.807) is 0 Å². The maximum atomic E-state index is 14.5. The van der Waals surface area contributed by atoms with Crippen LogP contribution in [-0.4, -0.2) is 6.10 Å². The van der Waals surface area contributed by atoms with E-state index in [4.69, 9.17) is 0 Å². The molecule has 28 heavy (non-hydrogen) atoms. The van der Waals surface area contributed by atoms with Crippen LogP contribution >= 0.6 is 0 Å². The van der Waals surface area contributed by atoms with Crippen LogP contribution in [0.25, 0.3) is 0 Å². The summed E-state index contributed by atoms with van der Waals surface area (Å²) in [6.07, 6.45) is 2.21. The van der Waals surface area contributed by atoms with E-state index in [0.717, 1.165) is 62.8 Å². The first-order chi connectivity index (χ1) is 13.2. The number of alkyl halides is 2. The van der Waals surface area contributed by atoms with Crippen molar-refractivity contribution in [3.8, 4) is 0 Å². The van der Waals surface area contributed by atoms with Gasteiger partial charge in [-0.1, -0.05) is 19.8 Å². The molecule has 3 rings (SSSR count). The van der Waals surface area contributed by atoms with Gasteiger partial charge in [0.05, 0.1) is 0 Å². The zero-order chi connectivity index (χ0) is 20.5. The normalized spacial score (nSPS) is 25.6.